The van der Waals surface area contributed by atoms with Gasteiger partial charge in [-0.25, -0.2) is 4.79 Å². The van der Waals surface area contributed by atoms with E-state index in [2.05, 4.69) is 5.32 Å². The third-order valence-electron chi connectivity index (χ3n) is 4.04. The number of piperidine rings is 1. The molecule has 0 aromatic rings. The van der Waals surface area contributed by atoms with Gasteiger partial charge in [-0.3, -0.25) is 4.79 Å². The van der Waals surface area contributed by atoms with Crippen molar-refractivity contribution in [1.29, 1.82) is 0 Å². The van der Waals surface area contributed by atoms with Gasteiger partial charge in [0.25, 0.3) is 0 Å². The van der Waals surface area contributed by atoms with Crippen LogP contribution in [0, 0.1) is 5.92 Å². The lowest BCUT2D eigenvalue weighted by Gasteiger charge is -2.33. The Labute approximate surface area is 108 Å². The van der Waals surface area contributed by atoms with Crippen molar-refractivity contribution < 1.29 is 14.7 Å². The monoisotopic (exact) mass is 254 g/mol. The highest BCUT2D eigenvalue weighted by atomic mass is 16.4. The molecule has 0 aromatic heterocycles. The van der Waals surface area contributed by atoms with Crippen molar-refractivity contribution in [3.8, 4) is 0 Å². The largest absolute Gasteiger partial charge is 0.480 e. The lowest BCUT2D eigenvalue weighted by molar-refractivity contribution is -0.152. The molecule has 2 aliphatic heterocycles. The lowest BCUT2D eigenvalue weighted by atomic mass is 9.99. The first-order chi connectivity index (χ1) is 8.68. The highest BCUT2D eigenvalue weighted by molar-refractivity contribution is 5.83. The standard InChI is InChI=1S/C13H22N2O3/c16-12(5-4-10-6-7-14-9-10)15-8-2-1-3-11(15)13(17)18/h10-11,14H,1-9H2,(H,17,18)/t10?,11-/m0/s1. The van der Waals surface area contributed by atoms with Gasteiger partial charge in [-0.2, -0.15) is 0 Å². The van der Waals surface area contributed by atoms with Crippen LogP contribution in [-0.4, -0.2) is 47.6 Å². The van der Waals surface area contributed by atoms with E-state index in [9.17, 15) is 9.59 Å². The fourth-order valence-electron chi connectivity index (χ4n) is 2.92. The zero-order valence-electron chi connectivity index (χ0n) is 10.7. The molecule has 2 atom stereocenters. The first-order valence-electron chi connectivity index (χ1n) is 6.91. The Hall–Kier alpha value is -1.10. The molecule has 2 N–H and O–H groups in total. The van der Waals surface area contributed by atoms with Crippen LogP contribution in [0.4, 0.5) is 0 Å². The number of aliphatic carboxylic acids is 1. The van der Waals surface area contributed by atoms with Crippen LogP contribution >= 0.6 is 0 Å². The number of carboxylic acid groups (broad SMARTS) is 1. The zero-order chi connectivity index (χ0) is 13.0. The summed E-state index contributed by atoms with van der Waals surface area (Å²) in [5, 5.41) is 12.4. The van der Waals surface area contributed by atoms with E-state index in [1.165, 1.54) is 0 Å². The summed E-state index contributed by atoms with van der Waals surface area (Å²) in [6.45, 7) is 2.65. The number of nitrogens with zero attached hydrogens (tertiary/aromatic N) is 1. The summed E-state index contributed by atoms with van der Waals surface area (Å²) in [6, 6.07) is -0.590. The normalized spacial score (nSPS) is 28.3. The van der Waals surface area contributed by atoms with Crippen molar-refractivity contribution in [2.24, 2.45) is 5.92 Å². The molecule has 0 spiro atoms. The molecule has 2 aliphatic rings. The Morgan fingerprint density at radius 3 is 2.78 bits per heavy atom. The van der Waals surface area contributed by atoms with Gasteiger partial charge in [-0.1, -0.05) is 0 Å². The van der Waals surface area contributed by atoms with Crippen LogP contribution in [0.15, 0.2) is 0 Å². The van der Waals surface area contributed by atoms with E-state index in [1.807, 2.05) is 0 Å². The minimum absolute atomic E-state index is 0.0222. The van der Waals surface area contributed by atoms with Crippen molar-refractivity contribution in [2.75, 3.05) is 19.6 Å². The van der Waals surface area contributed by atoms with Gasteiger partial charge in [0.15, 0.2) is 0 Å². The van der Waals surface area contributed by atoms with E-state index in [0.29, 0.717) is 25.3 Å². The predicted octanol–water partition coefficient (Wildman–Crippen LogP) is 0.842. The molecule has 0 aliphatic carbocycles. The molecule has 2 fully saturated rings. The summed E-state index contributed by atoms with van der Waals surface area (Å²) >= 11 is 0. The Bertz CT molecular complexity index is 313. The van der Waals surface area contributed by atoms with E-state index < -0.39 is 12.0 Å². The average molecular weight is 254 g/mol. The van der Waals surface area contributed by atoms with E-state index >= 15 is 0 Å². The third kappa shape index (κ3) is 3.22. The maximum Gasteiger partial charge on any atom is 0.326 e. The predicted molar refractivity (Wildman–Crippen MR) is 67.2 cm³/mol. The molecule has 102 valence electrons. The first-order valence-corrected chi connectivity index (χ1v) is 6.91. The minimum Gasteiger partial charge on any atom is -0.480 e. The van der Waals surface area contributed by atoms with Crippen LogP contribution < -0.4 is 5.32 Å². The van der Waals surface area contributed by atoms with Crippen molar-refractivity contribution in [2.45, 2.75) is 44.6 Å². The fourth-order valence-corrected chi connectivity index (χ4v) is 2.92. The Balaban J connectivity index is 1.83. The summed E-state index contributed by atoms with van der Waals surface area (Å²) in [6.07, 6.45) is 4.96. The molecule has 2 saturated heterocycles. The summed E-state index contributed by atoms with van der Waals surface area (Å²) in [5.41, 5.74) is 0. The maximum absolute atomic E-state index is 12.1. The second-order valence-electron chi connectivity index (χ2n) is 5.33. The van der Waals surface area contributed by atoms with Crippen molar-refractivity contribution in [1.82, 2.24) is 10.2 Å². The number of nitrogens with one attached hydrogen (secondary N) is 1. The van der Waals surface area contributed by atoms with Gasteiger partial charge in [0.2, 0.25) is 5.91 Å². The van der Waals surface area contributed by atoms with Crippen LogP contribution in [-0.2, 0) is 9.59 Å². The second kappa shape index (κ2) is 6.18. The van der Waals surface area contributed by atoms with E-state index in [4.69, 9.17) is 5.11 Å². The highest BCUT2D eigenvalue weighted by Crippen LogP contribution is 2.21. The summed E-state index contributed by atoms with van der Waals surface area (Å²) < 4.78 is 0. The molecule has 1 unspecified atom stereocenters. The molecular weight excluding hydrogens is 232 g/mol. The number of carbonyl (C=O) groups is 2. The summed E-state index contributed by atoms with van der Waals surface area (Å²) in [7, 11) is 0. The molecule has 0 bridgehead atoms. The molecule has 2 heterocycles. The van der Waals surface area contributed by atoms with Crippen LogP contribution in [0.5, 0.6) is 0 Å². The van der Waals surface area contributed by atoms with Crippen LogP contribution in [0.1, 0.15) is 38.5 Å². The third-order valence-corrected chi connectivity index (χ3v) is 4.04. The zero-order valence-corrected chi connectivity index (χ0v) is 10.7. The van der Waals surface area contributed by atoms with Crippen molar-refractivity contribution >= 4 is 11.9 Å². The van der Waals surface area contributed by atoms with E-state index in [1.54, 1.807) is 4.90 Å². The topological polar surface area (TPSA) is 69.6 Å². The smallest absolute Gasteiger partial charge is 0.326 e. The SMILES string of the molecule is O=C(O)[C@@H]1CCCCN1C(=O)CCC1CCNC1. The minimum atomic E-state index is -0.856. The number of amides is 1. The first kappa shape index (κ1) is 13.3. The summed E-state index contributed by atoms with van der Waals surface area (Å²) in [5.74, 6) is -0.249. The van der Waals surface area contributed by atoms with Crippen molar-refractivity contribution in [3.63, 3.8) is 0 Å². The average Bonchev–Trinajstić information content (AvgIpc) is 2.89. The van der Waals surface area contributed by atoms with Gasteiger partial charge in [-0.15, -0.1) is 0 Å². The maximum atomic E-state index is 12.1. The molecule has 1 amide bonds. The molecule has 18 heavy (non-hydrogen) atoms. The van der Waals surface area contributed by atoms with Crippen LogP contribution in [0.25, 0.3) is 0 Å². The quantitative estimate of drug-likeness (QED) is 0.780. The molecule has 5 heteroatoms. The molecule has 5 nitrogen and oxygen atoms in total. The number of rotatable bonds is 4. The van der Waals surface area contributed by atoms with E-state index in [0.717, 1.165) is 38.8 Å². The molecule has 0 saturated carbocycles. The van der Waals surface area contributed by atoms with Gasteiger partial charge in [-0.05, 0) is 51.1 Å². The molecule has 0 aromatic carbocycles. The summed E-state index contributed by atoms with van der Waals surface area (Å²) in [4.78, 5) is 24.8. The Kier molecular flexibility index (Phi) is 4.58. The number of carboxylic acids is 1. The van der Waals surface area contributed by atoms with Gasteiger partial charge >= 0.3 is 5.97 Å². The number of hydrogen-bond donors (Lipinski definition) is 2. The number of hydrogen-bond acceptors (Lipinski definition) is 3. The number of carbonyl (C=O) groups excluding carboxylic acids is 1. The molecule has 2 rings (SSSR count). The van der Waals surface area contributed by atoms with Gasteiger partial charge in [0, 0.05) is 13.0 Å². The van der Waals surface area contributed by atoms with E-state index in [-0.39, 0.29) is 5.91 Å². The van der Waals surface area contributed by atoms with Gasteiger partial charge in [0.05, 0.1) is 0 Å². The number of likely N-dealkylation sites (tertiary alicyclic amines) is 1. The molecule has 0 radical (unpaired) electrons. The Morgan fingerprint density at radius 1 is 1.28 bits per heavy atom. The van der Waals surface area contributed by atoms with Gasteiger partial charge < -0.3 is 15.3 Å². The van der Waals surface area contributed by atoms with Crippen LogP contribution in [0.2, 0.25) is 0 Å². The van der Waals surface area contributed by atoms with Crippen LogP contribution in [0.3, 0.4) is 0 Å². The lowest BCUT2D eigenvalue weighted by Crippen LogP contribution is -2.48. The van der Waals surface area contributed by atoms with Crippen molar-refractivity contribution in [3.05, 3.63) is 0 Å². The Morgan fingerprint density at radius 2 is 2.11 bits per heavy atom. The highest BCUT2D eigenvalue weighted by Gasteiger charge is 2.31. The van der Waals surface area contributed by atoms with Gasteiger partial charge in [0.1, 0.15) is 6.04 Å². The second-order valence-corrected chi connectivity index (χ2v) is 5.33. The molecular formula is C13H22N2O3. The fraction of sp³-hybridized carbons (Fsp3) is 0.846.